The highest BCUT2D eigenvalue weighted by Crippen LogP contribution is 2.22. The Bertz CT molecular complexity index is 459. The fourth-order valence-electron chi connectivity index (χ4n) is 1.10. The molecule has 0 radical (unpaired) electrons. The first-order valence-electron chi connectivity index (χ1n) is 4.46. The molecule has 4 heteroatoms. The van der Waals surface area contributed by atoms with E-state index in [0.29, 0.717) is 11.6 Å². The van der Waals surface area contributed by atoms with Crippen LogP contribution in [0.1, 0.15) is 5.56 Å². The lowest BCUT2D eigenvalue weighted by molar-refractivity contribution is 0.460. The van der Waals surface area contributed by atoms with E-state index in [1.807, 2.05) is 25.1 Å². The molecule has 0 aliphatic heterocycles. The van der Waals surface area contributed by atoms with Gasteiger partial charge in [0.25, 0.3) is 0 Å². The van der Waals surface area contributed by atoms with Crippen molar-refractivity contribution < 1.29 is 4.74 Å². The van der Waals surface area contributed by atoms with E-state index in [0.717, 1.165) is 10.0 Å². The van der Waals surface area contributed by atoms with Crippen molar-refractivity contribution in [2.45, 2.75) is 6.92 Å². The summed E-state index contributed by atoms with van der Waals surface area (Å²) in [7, 11) is 0. The standard InChI is InChI=1S/C11H9BrN2O/c1-8-5-11(14-7-10(8)12)15-9-3-2-4-13-6-9/h2-7H,1H3. The van der Waals surface area contributed by atoms with Crippen LogP contribution in [0.4, 0.5) is 0 Å². The van der Waals surface area contributed by atoms with Gasteiger partial charge < -0.3 is 4.74 Å². The van der Waals surface area contributed by atoms with Crippen LogP contribution in [0.3, 0.4) is 0 Å². The van der Waals surface area contributed by atoms with Crippen LogP contribution in [-0.2, 0) is 0 Å². The molecule has 0 atom stereocenters. The van der Waals surface area contributed by atoms with E-state index in [4.69, 9.17) is 4.74 Å². The van der Waals surface area contributed by atoms with Crippen LogP contribution < -0.4 is 4.74 Å². The molecule has 0 spiro atoms. The average molecular weight is 265 g/mol. The molecule has 0 saturated carbocycles. The summed E-state index contributed by atoms with van der Waals surface area (Å²) in [5.74, 6) is 1.26. The number of hydrogen-bond acceptors (Lipinski definition) is 3. The summed E-state index contributed by atoms with van der Waals surface area (Å²) in [4.78, 5) is 8.10. The molecule has 2 rings (SSSR count). The second kappa shape index (κ2) is 4.40. The molecule has 0 unspecified atom stereocenters. The molecular formula is C11H9BrN2O. The third-order valence-corrected chi connectivity index (χ3v) is 2.71. The maximum atomic E-state index is 5.52. The van der Waals surface area contributed by atoms with Crippen molar-refractivity contribution in [2.75, 3.05) is 0 Å². The van der Waals surface area contributed by atoms with Gasteiger partial charge in [0.05, 0.1) is 6.20 Å². The van der Waals surface area contributed by atoms with Crippen LogP contribution in [0.5, 0.6) is 11.6 Å². The molecule has 0 bridgehead atoms. The number of rotatable bonds is 2. The van der Waals surface area contributed by atoms with Crippen molar-refractivity contribution in [3.05, 3.63) is 46.8 Å². The van der Waals surface area contributed by atoms with Gasteiger partial charge in [-0.2, -0.15) is 0 Å². The summed E-state index contributed by atoms with van der Waals surface area (Å²) in [6.07, 6.45) is 5.08. The Morgan fingerprint density at radius 1 is 1.33 bits per heavy atom. The molecule has 3 nitrogen and oxygen atoms in total. The van der Waals surface area contributed by atoms with Crippen molar-refractivity contribution in [3.8, 4) is 11.6 Å². The Balaban J connectivity index is 2.22. The van der Waals surface area contributed by atoms with Gasteiger partial charge in [-0.3, -0.25) is 4.98 Å². The molecule has 0 fully saturated rings. The molecule has 0 saturated heterocycles. The lowest BCUT2D eigenvalue weighted by atomic mass is 10.3. The number of ether oxygens (including phenoxy) is 1. The van der Waals surface area contributed by atoms with E-state index in [1.54, 1.807) is 18.6 Å². The number of nitrogens with zero attached hydrogens (tertiary/aromatic N) is 2. The molecule has 0 aliphatic rings. The van der Waals surface area contributed by atoms with Crippen LogP contribution >= 0.6 is 15.9 Å². The monoisotopic (exact) mass is 264 g/mol. The van der Waals surface area contributed by atoms with Crippen LogP contribution in [0.25, 0.3) is 0 Å². The molecule has 0 amide bonds. The minimum Gasteiger partial charge on any atom is -0.437 e. The first kappa shape index (κ1) is 10.1. The Labute approximate surface area is 96.3 Å². The highest BCUT2D eigenvalue weighted by molar-refractivity contribution is 9.10. The van der Waals surface area contributed by atoms with Gasteiger partial charge in [-0.25, -0.2) is 4.98 Å². The van der Waals surface area contributed by atoms with Gasteiger partial charge in [0.1, 0.15) is 5.75 Å². The van der Waals surface area contributed by atoms with Crippen molar-refractivity contribution in [2.24, 2.45) is 0 Å². The van der Waals surface area contributed by atoms with E-state index in [2.05, 4.69) is 25.9 Å². The number of aromatic nitrogens is 2. The summed E-state index contributed by atoms with van der Waals surface area (Å²) in [5.41, 5.74) is 1.09. The Kier molecular flexibility index (Phi) is 2.97. The lowest BCUT2D eigenvalue weighted by Crippen LogP contribution is -1.89. The maximum Gasteiger partial charge on any atom is 0.219 e. The minimum atomic E-state index is 0.573. The number of aryl methyl sites for hydroxylation is 1. The summed E-state index contributed by atoms with van der Waals surface area (Å²) in [6.45, 7) is 1.99. The van der Waals surface area contributed by atoms with Gasteiger partial charge in [-0.15, -0.1) is 0 Å². The second-order valence-corrected chi connectivity index (χ2v) is 3.92. The number of pyridine rings is 2. The zero-order chi connectivity index (χ0) is 10.7. The molecular weight excluding hydrogens is 256 g/mol. The van der Waals surface area contributed by atoms with Gasteiger partial charge in [-0.1, -0.05) is 0 Å². The third kappa shape index (κ3) is 2.53. The van der Waals surface area contributed by atoms with E-state index in [-0.39, 0.29) is 0 Å². The maximum absolute atomic E-state index is 5.52. The minimum absolute atomic E-state index is 0.573. The first-order valence-corrected chi connectivity index (χ1v) is 5.25. The van der Waals surface area contributed by atoms with Gasteiger partial charge in [-0.05, 0) is 40.5 Å². The van der Waals surface area contributed by atoms with E-state index in [1.165, 1.54) is 0 Å². The highest BCUT2D eigenvalue weighted by atomic mass is 79.9. The Hall–Kier alpha value is -1.42. The Morgan fingerprint density at radius 3 is 2.87 bits per heavy atom. The number of hydrogen-bond donors (Lipinski definition) is 0. The second-order valence-electron chi connectivity index (χ2n) is 3.06. The van der Waals surface area contributed by atoms with Crippen molar-refractivity contribution in [1.82, 2.24) is 9.97 Å². The average Bonchev–Trinajstić information content (AvgIpc) is 2.25. The molecule has 0 aromatic carbocycles. The molecule has 2 aromatic rings. The fraction of sp³-hybridized carbons (Fsp3) is 0.0909. The summed E-state index contributed by atoms with van der Waals surface area (Å²) >= 11 is 3.38. The fourth-order valence-corrected chi connectivity index (χ4v) is 1.31. The molecule has 0 aliphatic carbocycles. The van der Waals surface area contributed by atoms with E-state index < -0.39 is 0 Å². The largest absolute Gasteiger partial charge is 0.437 e. The van der Waals surface area contributed by atoms with Gasteiger partial charge in [0.15, 0.2) is 0 Å². The Morgan fingerprint density at radius 2 is 2.20 bits per heavy atom. The summed E-state index contributed by atoms with van der Waals surface area (Å²) in [5, 5.41) is 0. The third-order valence-electron chi connectivity index (χ3n) is 1.88. The van der Waals surface area contributed by atoms with Gasteiger partial charge in [0, 0.05) is 22.9 Å². The molecule has 2 aromatic heterocycles. The zero-order valence-electron chi connectivity index (χ0n) is 8.14. The zero-order valence-corrected chi connectivity index (χ0v) is 9.73. The highest BCUT2D eigenvalue weighted by Gasteiger charge is 2.01. The lowest BCUT2D eigenvalue weighted by Gasteiger charge is -2.05. The van der Waals surface area contributed by atoms with Crippen molar-refractivity contribution in [1.29, 1.82) is 0 Å². The van der Waals surface area contributed by atoms with E-state index >= 15 is 0 Å². The normalized spacial score (nSPS) is 10.0. The summed E-state index contributed by atoms with van der Waals surface area (Å²) < 4.78 is 6.49. The van der Waals surface area contributed by atoms with E-state index in [9.17, 15) is 0 Å². The number of halogens is 1. The predicted octanol–water partition coefficient (Wildman–Crippen LogP) is 3.34. The molecule has 0 N–H and O–H groups in total. The van der Waals surface area contributed by atoms with Crippen LogP contribution in [0.15, 0.2) is 41.3 Å². The van der Waals surface area contributed by atoms with Crippen LogP contribution in [-0.4, -0.2) is 9.97 Å². The molecule has 76 valence electrons. The van der Waals surface area contributed by atoms with Crippen molar-refractivity contribution >= 4 is 15.9 Å². The first-order chi connectivity index (χ1) is 7.25. The topological polar surface area (TPSA) is 35.0 Å². The molecule has 2 heterocycles. The van der Waals surface area contributed by atoms with Gasteiger partial charge >= 0.3 is 0 Å². The summed E-state index contributed by atoms with van der Waals surface area (Å²) in [6, 6.07) is 5.53. The smallest absolute Gasteiger partial charge is 0.219 e. The van der Waals surface area contributed by atoms with Crippen LogP contribution in [0, 0.1) is 6.92 Å². The predicted molar refractivity (Wildman–Crippen MR) is 61.0 cm³/mol. The SMILES string of the molecule is Cc1cc(Oc2cccnc2)ncc1Br. The van der Waals surface area contributed by atoms with Crippen LogP contribution in [0.2, 0.25) is 0 Å². The van der Waals surface area contributed by atoms with Crippen molar-refractivity contribution in [3.63, 3.8) is 0 Å². The quantitative estimate of drug-likeness (QED) is 0.835. The molecule has 15 heavy (non-hydrogen) atoms. The van der Waals surface area contributed by atoms with Gasteiger partial charge in [0.2, 0.25) is 5.88 Å².